The van der Waals surface area contributed by atoms with Crippen molar-refractivity contribution in [2.24, 2.45) is 0 Å². The molecular weight excluding hydrogens is 570 g/mol. The number of hydrogen-bond donors (Lipinski definition) is 4. The summed E-state index contributed by atoms with van der Waals surface area (Å²) in [5.41, 5.74) is 3.26. The Kier molecular flexibility index (Phi) is 13.1. The van der Waals surface area contributed by atoms with Gasteiger partial charge in [0.1, 0.15) is 17.7 Å². The second kappa shape index (κ2) is 17.0. The number of ether oxygens (including phenoxy) is 1. The van der Waals surface area contributed by atoms with Gasteiger partial charge in [-0.1, -0.05) is 72.8 Å². The molecule has 0 unspecified atom stereocenters. The van der Waals surface area contributed by atoms with Crippen LogP contribution in [0.15, 0.2) is 84.9 Å². The van der Waals surface area contributed by atoms with Crippen molar-refractivity contribution in [3.63, 3.8) is 0 Å². The monoisotopic (exact) mass is 615 g/mol. The van der Waals surface area contributed by atoms with Crippen molar-refractivity contribution < 1.29 is 23.9 Å². The number of alkyl carbamates (subject to hydrolysis) is 1. The summed E-state index contributed by atoms with van der Waals surface area (Å²) in [7, 11) is 0. The maximum Gasteiger partial charge on any atom is 0.408 e. The van der Waals surface area contributed by atoms with Crippen molar-refractivity contribution in [2.45, 2.75) is 71.8 Å². The fourth-order valence-electron chi connectivity index (χ4n) is 4.45. The summed E-state index contributed by atoms with van der Waals surface area (Å²) in [6.07, 6.45) is -0.139. The Balaban J connectivity index is 1.42. The minimum absolute atomic E-state index is 0.103. The maximum atomic E-state index is 13.0. The van der Waals surface area contributed by atoms with Crippen molar-refractivity contribution >= 4 is 29.5 Å². The minimum atomic E-state index is -0.870. The van der Waals surface area contributed by atoms with Gasteiger partial charge in [0.15, 0.2) is 0 Å². The molecule has 4 N–H and O–H groups in total. The fraction of sp³-hybridized carbons (Fsp3) is 0.371. The van der Waals surface area contributed by atoms with Crippen molar-refractivity contribution in [3.05, 3.63) is 102 Å². The zero-order valence-corrected chi connectivity index (χ0v) is 26.8. The van der Waals surface area contributed by atoms with Crippen molar-refractivity contribution in [1.82, 2.24) is 20.9 Å². The first-order valence-electron chi connectivity index (χ1n) is 15.1. The Morgan fingerprint density at radius 3 is 1.78 bits per heavy atom. The van der Waals surface area contributed by atoms with Crippen LogP contribution in [0.3, 0.4) is 0 Å². The van der Waals surface area contributed by atoms with Gasteiger partial charge in [-0.25, -0.2) is 4.79 Å². The molecular formula is C35H45N5O5. The number of rotatable bonds is 14. The largest absolute Gasteiger partial charge is 0.444 e. The van der Waals surface area contributed by atoms with E-state index in [0.717, 1.165) is 16.7 Å². The molecule has 0 fully saturated rings. The van der Waals surface area contributed by atoms with Crippen LogP contribution >= 0.6 is 0 Å². The molecule has 0 aromatic heterocycles. The molecule has 3 rings (SSSR count). The van der Waals surface area contributed by atoms with Gasteiger partial charge < -0.3 is 26.0 Å². The molecule has 0 radical (unpaired) electrons. The van der Waals surface area contributed by atoms with Crippen LogP contribution in [0.2, 0.25) is 0 Å². The summed E-state index contributed by atoms with van der Waals surface area (Å²) in [6.45, 7) is 10.2. The third-order valence-electron chi connectivity index (χ3n) is 6.69. The van der Waals surface area contributed by atoms with E-state index in [1.165, 1.54) is 6.92 Å². The van der Waals surface area contributed by atoms with Gasteiger partial charge in [-0.2, -0.15) is 0 Å². The molecule has 0 saturated carbocycles. The first-order valence-corrected chi connectivity index (χ1v) is 15.1. The summed E-state index contributed by atoms with van der Waals surface area (Å²) in [5.74, 6) is -0.940. The number of nitrogens with zero attached hydrogens (tertiary/aromatic N) is 1. The Labute approximate surface area is 265 Å². The first-order chi connectivity index (χ1) is 21.4. The quantitative estimate of drug-likeness (QED) is 0.213. The highest BCUT2D eigenvalue weighted by Crippen LogP contribution is 2.13. The van der Waals surface area contributed by atoms with Gasteiger partial charge in [-0.15, -0.1) is 0 Å². The predicted octanol–water partition coefficient (Wildman–Crippen LogP) is 4.40. The highest BCUT2D eigenvalue weighted by molar-refractivity contribution is 5.92. The zero-order chi connectivity index (χ0) is 32.8. The summed E-state index contributed by atoms with van der Waals surface area (Å²) >= 11 is 0. The molecule has 0 saturated heterocycles. The number of benzene rings is 3. The molecule has 0 aliphatic carbocycles. The molecule has 0 heterocycles. The van der Waals surface area contributed by atoms with Crippen LogP contribution < -0.4 is 21.3 Å². The Hall–Kier alpha value is -4.70. The second-order valence-corrected chi connectivity index (χ2v) is 12.0. The van der Waals surface area contributed by atoms with Crippen LogP contribution in [-0.2, 0) is 38.6 Å². The van der Waals surface area contributed by atoms with Gasteiger partial charge in [-0.05, 0) is 69.9 Å². The molecule has 0 bridgehead atoms. The summed E-state index contributed by atoms with van der Waals surface area (Å²) < 4.78 is 5.16. The lowest BCUT2D eigenvalue weighted by molar-refractivity contribution is -0.129. The van der Waals surface area contributed by atoms with Crippen LogP contribution in [0, 0.1) is 0 Å². The number of nitrogens with one attached hydrogen (secondary N) is 4. The van der Waals surface area contributed by atoms with Crippen LogP contribution in [0.5, 0.6) is 0 Å². The smallest absolute Gasteiger partial charge is 0.408 e. The van der Waals surface area contributed by atoms with Crippen LogP contribution in [0.4, 0.5) is 10.5 Å². The molecule has 4 amide bonds. The van der Waals surface area contributed by atoms with Gasteiger partial charge in [0.2, 0.25) is 17.7 Å². The van der Waals surface area contributed by atoms with Crippen molar-refractivity contribution in [2.75, 3.05) is 18.4 Å². The molecule has 10 heteroatoms. The molecule has 0 aliphatic rings. The zero-order valence-electron chi connectivity index (χ0n) is 26.8. The molecule has 3 aromatic carbocycles. The van der Waals surface area contributed by atoms with E-state index in [9.17, 15) is 19.2 Å². The fourth-order valence-corrected chi connectivity index (χ4v) is 4.45. The average Bonchev–Trinajstić information content (AvgIpc) is 2.98. The molecule has 2 atom stereocenters. The number of hydrogen-bond acceptors (Lipinski definition) is 6. The number of anilines is 1. The SMILES string of the molecule is C[C@@H](NC(=O)OC(C)(C)C)C(=O)N[C@H](C)C(=O)NCCc1ccc(NC(=O)CN(Cc2ccccc2)Cc2ccccc2)cc1. The Morgan fingerprint density at radius 1 is 0.711 bits per heavy atom. The van der Waals surface area contributed by atoms with E-state index in [-0.39, 0.29) is 18.4 Å². The number of amides is 4. The summed E-state index contributed by atoms with van der Waals surface area (Å²) in [4.78, 5) is 51.9. The van der Waals surface area contributed by atoms with E-state index in [1.807, 2.05) is 60.7 Å². The first kappa shape index (κ1) is 34.8. The second-order valence-electron chi connectivity index (χ2n) is 12.0. The lowest BCUT2D eigenvalue weighted by Crippen LogP contribution is -2.52. The van der Waals surface area contributed by atoms with E-state index >= 15 is 0 Å². The van der Waals surface area contributed by atoms with E-state index in [0.29, 0.717) is 31.7 Å². The van der Waals surface area contributed by atoms with E-state index in [4.69, 9.17) is 4.74 Å². The topological polar surface area (TPSA) is 129 Å². The molecule has 45 heavy (non-hydrogen) atoms. The van der Waals surface area contributed by atoms with Crippen molar-refractivity contribution in [3.8, 4) is 0 Å². The van der Waals surface area contributed by atoms with Gasteiger partial charge in [0.05, 0.1) is 6.54 Å². The molecule has 0 aliphatic heterocycles. The lowest BCUT2D eigenvalue weighted by Gasteiger charge is -2.22. The highest BCUT2D eigenvalue weighted by atomic mass is 16.6. The molecule has 240 valence electrons. The van der Waals surface area contributed by atoms with Crippen LogP contribution in [0.25, 0.3) is 0 Å². The molecule has 10 nitrogen and oxygen atoms in total. The van der Waals surface area contributed by atoms with E-state index in [1.54, 1.807) is 27.7 Å². The molecule has 3 aromatic rings. The summed E-state index contributed by atoms with van der Waals surface area (Å²) in [6, 6.07) is 26.0. The maximum absolute atomic E-state index is 13.0. The standard InChI is InChI=1S/C35H45N5O5/c1-25(37-33(43)26(2)38-34(44)45-35(3,4)5)32(42)36-21-20-27-16-18-30(19-17-27)39-31(41)24-40(22-28-12-8-6-9-13-28)23-29-14-10-7-11-15-29/h6-19,25-26H,20-24H2,1-5H3,(H,36,42)(H,37,43)(H,38,44)(H,39,41)/t25-,26-/m1/s1. The van der Waals surface area contributed by atoms with E-state index in [2.05, 4.69) is 50.4 Å². The lowest BCUT2D eigenvalue weighted by atomic mass is 10.1. The summed E-state index contributed by atoms with van der Waals surface area (Å²) in [5, 5.41) is 10.9. The van der Waals surface area contributed by atoms with Crippen molar-refractivity contribution in [1.29, 1.82) is 0 Å². The third-order valence-corrected chi connectivity index (χ3v) is 6.69. The average molecular weight is 616 g/mol. The molecule has 0 spiro atoms. The van der Waals surface area contributed by atoms with E-state index < -0.39 is 29.7 Å². The van der Waals surface area contributed by atoms with Crippen LogP contribution in [0.1, 0.15) is 51.3 Å². The predicted molar refractivity (Wildman–Crippen MR) is 175 cm³/mol. The van der Waals surface area contributed by atoms with Gasteiger partial charge in [0, 0.05) is 25.3 Å². The van der Waals surface area contributed by atoms with Gasteiger partial charge in [0.25, 0.3) is 0 Å². The van der Waals surface area contributed by atoms with Gasteiger partial charge >= 0.3 is 6.09 Å². The Morgan fingerprint density at radius 2 is 1.24 bits per heavy atom. The van der Waals surface area contributed by atoms with Crippen LogP contribution in [-0.4, -0.2) is 59.5 Å². The normalized spacial score (nSPS) is 12.5. The number of carbonyl (C=O) groups is 4. The minimum Gasteiger partial charge on any atom is -0.444 e. The Bertz CT molecular complexity index is 1350. The third kappa shape index (κ3) is 13.2. The highest BCUT2D eigenvalue weighted by Gasteiger charge is 2.23. The van der Waals surface area contributed by atoms with Gasteiger partial charge in [-0.3, -0.25) is 19.3 Å². The number of carbonyl (C=O) groups excluding carboxylic acids is 4.